The molecule has 0 radical (unpaired) electrons. The molecular weight excluding hydrogens is 792 g/mol. The van der Waals surface area contributed by atoms with E-state index in [-0.39, 0.29) is 70.0 Å². The van der Waals surface area contributed by atoms with Gasteiger partial charge in [-0.3, -0.25) is 9.59 Å². The van der Waals surface area contributed by atoms with Crippen molar-refractivity contribution in [2.24, 2.45) is 10.8 Å². The third-order valence-electron chi connectivity index (χ3n) is 10.1. The summed E-state index contributed by atoms with van der Waals surface area (Å²) < 4.78 is 65.3. The molecular formula is C48H62F4N2O4Ti. The van der Waals surface area contributed by atoms with Crippen LogP contribution in [-0.4, -0.2) is 60.1 Å². The Morgan fingerprint density at radius 2 is 1.02 bits per heavy atom. The van der Waals surface area contributed by atoms with Gasteiger partial charge in [0, 0.05) is 73.5 Å². The SMILES string of the molecule is CCCC(C)(C)C(=O)N(Cc1ccc(F)[c-]c1F)CC1CCCO1.CCCC(C)(C)C(=O)N(Cc1ccc(F)[c-]c1F)CC1CCCO1.[Ti+4].c1cc[cH-]c1.c1cc[cH-]c1. The third-order valence-corrected chi connectivity index (χ3v) is 10.1. The number of hydrogen-bond donors (Lipinski definition) is 0. The predicted octanol–water partition coefficient (Wildman–Crippen LogP) is 11.0. The van der Waals surface area contributed by atoms with Crippen molar-refractivity contribution in [1.82, 2.24) is 9.80 Å². The van der Waals surface area contributed by atoms with Gasteiger partial charge in [-0.15, -0.1) is 35.4 Å². The molecule has 0 saturated carbocycles. The minimum Gasteiger partial charge on any atom is -0.376 e. The molecule has 0 bridgehead atoms. The molecule has 11 heteroatoms. The molecule has 2 atom stereocenters. The number of hydrogen-bond acceptors (Lipinski definition) is 4. The Hall–Kier alpha value is -3.57. The number of amides is 2. The summed E-state index contributed by atoms with van der Waals surface area (Å²) in [5.74, 6) is -3.01. The second-order valence-electron chi connectivity index (χ2n) is 16.1. The van der Waals surface area contributed by atoms with Crippen molar-refractivity contribution in [1.29, 1.82) is 0 Å². The number of rotatable bonds is 14. The molecule has 0 aliphatic carbocycles. The van der Waals surface area contributed by atoms with Crippen LogP contribution < -0.4 is 0 Å². The van der Waals surface area contributed by atoms with Crippen LogP contribution in [0.25, 0.3) is 0 Å². The summed E-state index contributed by atoms with van der Waals surface area (Å²) in [6.45, 7) is 14.2. The molecule has 2 amide bonds. The van der Waals surface area contributed by atoms with Gasteiger partial charge < -0.3 is 19.3 Å². The maximum absolute atomic E-state index is 14.0. The van der Waals surface area contributed by atoms with Crippen LogP contribution in [0.2, 0.25) is 0 Å². The fraction of sp³-hybridized carbons (Fsp3) is 0.500. The van der Waals surface area contributed by atoms with E-state index in [1.807, 2.05) is 114 Å². The van der Waals surface area contributed by atoms with Crippen LogP contribution in [0.15, 0.2) is 84.9 Å². The summed E-state index contributed by atoms with van der Waals surface area (Å²) in [7, 11) is 0. The van der Waals surface area contributed by atoms with Gasteiger partial charge in [-0.1, -0.05) is 54.4 Å². The Bertz CT molecular complexity index is 1580. The second-order valence-corrected chi connectivity index (χ2v) is 16.1. The molecule has 2 saturated heterocycles. The smallest absolute Gasteiger partial charge is 0.376 e. The Balaban J connectivity index is 0.000000323. The molecule has 4 aromatic carbocycles. The first-order chi connectivity index (χ1) is 27.7. The summed E-state index contributed by atoms with van der Waals surface area (Å²) in [5.41, 5.74) is -0.494. The van der Waals surface area contributed by atoms with Gasteiger partial charge in [-0.05, 0) is 38.5 Å². The van der Waals surface area contributed by atoms with Gasteiger partial charge in [0.25, 0.3) is 0 Å². The van der Waals surface area contributed by atoms with Gasteiger partial charge in [0.15, 0.2) is 0 Å². The molecule has 2 unspecified atom stereocenters. The summed E-state index contributed by atoms with van der Waals surface area (Å²) in [4.78, 5) is 29.3. The molecule has 2 fully saturated rings. The van der Waals surface area contributed by atoms with Crippen molar-refractivity contribution in [3.63, 3.8) is 0 Å². The van der Waals surface area contributed by atoms with Crippen molar-refractivity contribution >= 4 is 11.8 Å². The molecule has 59 heavy (non-hydrogen) atoms. The molecule has 2 aliphatic heterocycles. The van der Waals surface area contributed by atoms with E-state index in [9.17, 15) is 27.2 Å². The molecule has 6 rings (SSSR count). The van der Waals surface area contributed by atoms with E-state index in [1.54, 1.807) is 9.80 Å². The van der Waals surface area contributed by atoms with Crippen molar-refractivity contribution in [2.45, 2.75) is 118 Å². The van der Waals surface area contributed by atoms with Gasteiger partial charge in [-0.2, -0.15) is 48.5 Å². The van der Waals surface area contributed by atoms with Gasteiger partial charge >= 0.3 is 21.7 Å². The fourth-order valence-corrected chi connectivity index (χ4v) is 7.07. The standard InChI is InChI=1S/2C19H26F2NO2.2C5H5.Ti/c2*1-4-9-19(2,3)18(23)22(13-16-6-5-10-24-16)12-14-7-8-15(20)11-17(14)21;2*1-2-4-5-3-1;/h2*7-8,16H,4-6,9-10,12-13H2,1-3H3;2*1-5H;/q4*-1;+4. The summed E-state index contributed by atoms with van der Waals surface area (Å²) in [6, 6.07) is 29.2. The van der Waals surface area contributed by atoms with Crippen LogP contribution in [-0.2, 0) is 53.9 Å². The predicted molar refractivity (Wildman–Crippen MR) is 221 cm³/mol. The molecule has 0 spiro atoms. The molecule has 320 valence electrons. The van der Waals surface area contributed by atoms with E-state index in [2.05, 4.69) is 0 Å². The van der Waals surface area contributed by atoms with Crippen LogP contribution in [0.4, 0.5) is 17.6 Å². The molecule has 6 nitrogen and oxygen atoms in total. The zero-order valence-corrected chi connectivity index (χ0v) is 37.2. The van der Waals surface area contributed by atoms with Crippen LogP contribution in [0.1, 0.15) is 104 Å². The zero-order valence-electron chi connectivity index (χ0n) is 35.7. The monoisotopic (exact) mass is 854 g/mol. The Kier molecular flexibility index (Phi) is 23.3. The first-order valence-electron chi connectivity index (χ1n) is 20.5. The average molecular weight is 855 g/mol. The van der Waals surface area contributed by atoms with Crippen LogP contribution in [0, 0.1) is 46.2 Å². The summed E-state index contributed by atoms with van der Waals surface area (Å²) in [6.07, 6.45) is 7.02. The minimum atomic E-state index is -0.742. The Morgan fingerprint density at radius 3 is 1.27 bits per heavy atom. The third kappa shape index (κ3) is 18.3. The van der Waals surface area contributed by atoms with Gasteiger partial charge in [-0.25, -0.2) is 41.8 Å². The summed E-state index contributed by atoms with van der Waals surface area (Å²) in [5, 5.41) is 0. The van der Waals surface area contributed by atoms with E-state index in [4.69, 9.17) is 9.47 Å². The Labute approximate surface area is 365 Å². The average Bonchev–Trinajstić information content (AvgIpc) is 4.03. The van der Waals surface area contributed by atoms with E-state index in [0.717, 1.165) is 51.4 Å². The fourth-order valence-electron chi connectivity index (χ4n) is 7.07. The molecule has 2 aliphatic rings. The number of ether oxygens (including phenoxy) is 2. The van der Waals surface area contributed by atoms with Crippen LogP contribution in [0.3, 0.4) is 0 Å². The molecule has 2 heterocycles. The maximum Gasteiger partial charge on any atom is 4.00 e. The molecule has 0 N–H and O–H groups in total. The van der Waals surface area contributed by atoms with E-state index >= 15 is 0 Å². The van der Waals surface area contributed by atoms with Crippen molar-refractivity contribution in [3.05, 3.63) is 131 Å². The second kappa shape index (κ2) is 26.6. The van der Waals surface area contributed by atoms with Crippen molar-refractivity contribution < 1.29 is 58.3 Å². The van der Waals surface area contributed by atoms with Gasteiger partial charge in [0.1, 0.15) is 0 Å². The number of halogens is 4. The Morgan fingerprint density at radius 1 is 0.661 bits per heavy atom. The van der Waals surface area contributed by atoms with Gasteiger partial charge in [0.2, 0.25) is 11.8 Å². The minimum absolute atomic E-state index is 0. The zero-order chi connectivity index (χ0) is 42.6. The van der Waals surface area contributed by atoms with E-state index in [0.29, 0.717) is 26.3 Å². The largest absolute Gasteiger partial charge is 4.00 e. The maximum atomic E-state index is 14.0. The molecule has 4 aromatic rings. The van der Waals surface area contributed by atoms with E-state index < -0.39 is 34.1 Å². The first-order valence-corrected chi connectivity index (χ1v) is 20.5. The van der Waals surface area contributed by atoms with Crippen LogP contribution in [0.5, 0.6) is 0 Å². The van der Waals surface area contributed by atoms with E-state index in [1.165, 1.54) is 24.3 Å². The van der Waals surface area contributed by atoms with Crippen molar-refractivity contribution in [3.8, 4) is 0 Å². The number of nitrogens with zero attached hydrogens (tertiary/aromatic N) is 2. The number of carbonyl (C=O) groups is 2. The van der Waals surface area contributed by atoms with Gasteiger partial charge in [0.05, 0.1) is 12.2 Å². The molecule has 0 aromatic heterocycles. The van der Waals surface area contributed by atoms with Crippen LogP contribution >= 0.6 is 0 Å². The summed E-state index contributed by atoms with van der Waals surface area (Å²) >= 11 is 0. The number of benzene rings is 2. The quantitative estimate of drug-likeness (QED) is 0.0720. The normalized spacial score (nSPS) is 16.0. The van der Waals surface area contributed by atoms with Crippen molar-refractivity contribution in [2.75, 3.05) is 26.3 Å². The first kappa shape index (κ1) is 51.6. The number of carbonyl (C=O) groups excluding carboxylic acids is 2. The topological polar surface area (TPSA) is 59.1 Å².